The van der Waals surface area contributed by atoms with E-state index in [1.165, 1.54) is 0 Å². The molecule has 0 unspecified atom stereocenters. The lowest BCUT2D eigenvalue weighted by Gasteiger charge is -2.07. The van der Waals surface area contributed by atoms with Gasteiger partial charge in [0.25, 0.3) is 0 Å². The highest BCUT2D eigenvalue weighted by atomic mass is 32.1. The van der Waals surface area contributed by atoms with Crippen LogP contribution in [0, 0.1) is 0 Å². The monoisotopic (exact) mass is 250 g/mol. The third-order valence-electron chi connectivity index (χ3n) is 2.01. The molecule has 0 aliphatic heterocycles. The molecule has 0 aliphatic rings. The van der Waals surface area contributed by atoms with E-state index in [1.807, 2.05) is 18.4 Å². The Balaban J connectivity index is 2.04. The Hall–Kier alpha value is -1.89. The second kappa shape index (κ2) is 5.44. The fraction of sp³-hybridized carbons (Fsp3) is 0.300. The predicted molar refractivity (Wildman–Crippen MR) is 70.0 cm³/mol. The van der Waals surface area contributed by atoms with Gasteiger partial charge in [-0.1, -0.05) is 0 Å². The summed E-state index contributed by atoms with van der Waals surface area (Å²) < 4.78 is 0. The van der Waals surface area contributed by atoms with Crippen molar-refractivity contribution in [3.8, 4) is 0 Å². The summed E-state index contributed by atoms with van der Waals surface area (Å²) in [5.74, 6) is 1.68. The molecule has 7 heteroatoms. The normalized spacial score (nSPS) is 10.2. The molecule has 17 heavy (non-hydrogen) atoms. The number of nitrogens with zero attached hydrogens (tertiary/aromatic N) is 3. The number of rotatable bonds is 5. The van der Waals surface area contributed by atoms with Crippen LogP contribution < -0.4 is 16.4 Å². The standard InChI is InChI=1S/C10H14N6S/c1-2-12-7-5-8(16-10(11)15-7)14-6-9-13-3-4-17-9/h3-5H,2,6H2,1H3,(H4,11,12,14,15,16). The van der Waals surface area contributed by atoms with Crippen molar-refractivity contribution in [3.05, 3.63) is 22.7 Å². The second-order valence-electron chi connectivity index (χ2n) is 3.31. The largest absolute Gasteiger partial charge is 0.370 e. The SMILES string of the molecule is CCNc1cc(NCc2nccs2)nc(N)n1. The zero-order valence-electron chi connectivity index (χ0n) is 9.47. The molecule has 2 rings (SSSR count). The van der Waals surface area contributed by atoms with Crippen LogP contribution in [0.25, 0.3) is 0 Å². The Bertz CT molecular complexity index is 470. The van der Waals surface area contributed by atoms with Crippen molar-refractivity contribution in [2.45, 2.75) is 13.5 Å². The Kier molecular flexibility index (Phi) is 3.71. The minimum absolute atomic E-state index is 0.255. The molecule has 2 aromatic rings. The van der Waals surface area contributed by atoms with Gasteiger partial charge in [0, 0.05) is 24.2 Å². The molecule has 90 valence electrons. The van der Waals surface area contributed by atoms with E-state index in [2.05, 4.69) is 25.6 Å². The second-order valence-corrected chi connectivity index (χ2v) is 4.29. The predicted octanol–water partition coefficient (Wildman–Crippen LogP) is 1.56. The number of aromatic nitrogens is 3. The molecule has 0 atom stereocenters. The fourth-order valence-electron chi connectivity index (χ4n) is 1.33. The molecule has 0 aliphatic carbocycles. The number of nitrogen functional groups attached to an aromatic ring is 1. The van der Waals surface area contributed by atoms with E-state index in [0.29, 0.717) is 12.4 Å². The van der Waals surface area contributed by atoms with Crippen LogP contribution >= 0.6 is 11.3 Å². The molecule has 0 fully saturated rings. The molecule has 0 spiro atoms. The van der Waals surface area contributed by atoms with E-state index < -0.39 is 0 Å². The third-order valence-corrected chi connectivity index (χ3v) is 2.79. The topological polar surface area (TPSA) is 88.8 Å². The van der Waals surface area contributed by atoms with Gasteiger partial charge in [-0.15, -0.1) is 11.3 Å². The van der Waals surface area contributed by atoms with Gasteiger partial charge < -0.3 is 16.4 Å². The van der Waals surface area contributed by atoms with Crippen LogP contribution in [0.15, 0.2) is 17.6 Å². The summed E-state index contributed by atoms with van der Waals surface area (Å²) in [7, 11) is 0. The van der Waals surface area contributed by atoms with Gasteiger partial charge in [0.2, 0.25) is 5.95 Å². The average molecular weight is 250 g/mol. The zero-order valence-corrected chi connectivity index (χ0v) is 10.3. The first-order chi connectivity index (χ1) is 8.28. The number of nitrogens with one attached hydrogen (secondary N) is 2. The van der Waals surface area contributed by atoms with Crippen molar-refractivity contribution in [2.24, 2.45) is 0 Å². The lowest BCUT2D eigenvalue weighted by Crippen LogP contribution is -2.07. The summed E-state index contributed by atoms with van der Waals surface area (Å²) in [5.41, 5.74) is 5.62. The summed E-state index contributed by atoms with van der Waals surface area (Å²) in [6, 6.07) is 1.83. The van der Waals surface area contributed by atoms with Crippen molar-refractivity contribution in [3.63, 3.8) is 0 Å². The summed E-state index contributed by atoms with van der Waals surface area (Å²) in [6.07, 6.45) is 1.78. The van der Waals surface area contributed by atoms with E-state index in [1.54, 1.807) is 17.5 Å². The Labute approximate surface area is 103 Å². The van der Waals surface area contributed by atoms with Crippen LogP contribution in [0.3, 0.4) is 0 Å². The van der Waals surface area contributed by atoms with Crippen LogP contribution in [-0.4, -0.2) is 21.5 Å². The van der Waals surface area contributed by atoms with E-state index in [-0.39, 0.29) is 5.95 Å². The maximum atomic E-state index is 5.62. The van der Waals surface area contributed by atoms with Crippen LogP contribution in [0.2, 0.25) is 0 Å². The Morgan fingerprint density at radius 2 is 2.06 bits per heavy atom. The van der Waals surface area contributed by atoms with E-state index >= 15 is 0 Å². The van der Waals surface area contributed by atoms with Gasteiger partial charge in [-0.3, -0.25) is 0 Å². The summed E-state index contributed by atoms with van der Waals surface area (Å²) in [4.78, 5) is 12.4. The summed E-state index contributed by atoms with van der Waals surface area (Å²) >= 11 is 1.60. The third kappa shape index (κ3) is 3.28. The quantitative estimate of drug-likeness (QED) is 0.746. The fourth-order valence-corrected chi connectivity index (χ4v) is 1.89. The highest BCUT2D eigenvalue weighted by Gasteiger charge is 2.02. The average Bonchev–Trinajstić information content (AvgIpc) is 2.79. The highest BCUT2D eigenvalue weighted by molar-refractivity contribution is 7.09. The number of thiazole rings is 1. The minimum Gasteiger partial charge on any atom is -0.370 e. The van der Waals surface area contributed by atoms with Crippen LogP contribution in [-0.2, 0) is 6.54 Å². The smallest absolute Gasteiger partial charge is 0.223 e. The first-order valence-corrected chi connectivity index (χ1v) is 6.16. The summed E-state index contributed by atoms with van der Waals surface area (Å²) in [6.45, 7) is 3.43. The molecular formula is C10H14N6S. The molecule has 0 aromatic carbocycles. The van der Waals surface area contributed by atoms with Gasteiger partial charge in [0.15, 0.2) is 0 Å². The molecule has 0 bridgehead atoms. The van der Waals surface area contributed by atoms with Crippen LogP contribution in [0.1, 0.15) is 11.9 Å². The van der Waals surface area contributed by atoms with Crippen molar-refractivity contribution in [2.75, 3.05) is 22.9 Å². The lowest BCUT2D eigenvalue weighted by molar-refractivity contribution is 1.06. The van der Waals surface area contributed by atoms with Crippen LogP contribution in [0.4, 0.5) is 17.6 Å². The molecule has 2 aromatic heterocycles. The molecule has 0 radical (unpaired) electrons. The lowest BCUT2D eigenvalue weighted by atomic mass is 10.5. The van der Waals surface area contributed by atoms with Crippen molar-refractivity contribution < 1.29 is 0 Å². The number of anilines is 3. The number of nitrogens with two attached hydrogens (primary N) is 1. The van der Waals surface area contributed by atoms with Crippen molar-refractivity contribution in [1.29, 1.82) is 0 Å². The summed E-state index contributed by atoms with van der Waals surface area (Å²) in [5, 5.41) is 9.21. The molecule has 4 N–H and O–H groups in total. The van der Waals surface area contributed by atoms with Gasteiger partial charge in [-0.25, -0.2) is 4.98 Å². The zero-order chi connectivity index (χ0) is 12.1. The number of hydrogen-bond acceptors (Lipinski definition) is 7. The van der Waals surface area contributed by atoms with Crippen molar-refractivity contribution >= 4 is 28.9 Å². The molecule has 0 amide bonds. The molecule has 2 heterocycles. The maximum absolute atomic E-state index is 5.62. The number of hydrogen-bond donors (Lipinski definition) is 3. The first-order valence-electron chi connectivity index (χ1n) is 5.28. The van der Waals surface area contributed by atoms with Gasteiger partial charge >= 0.3 is 0 Å². The van der Waals surface area contributed by atoms with E-state index in [4.69, 9.17) is 5.73 Å². The van der Waals surface area contributed by atoms with Gasteiger partial charge in [-0.05, 0) is 6.92 Å². The molecular weight excluding hydrogens is 236 g/mol. The maximum Gasteiger partial charge on any atom is 0.223 e. The highest BCUT2D eigenvalue weighted by Crippen LogP contribution is 2.14. The molecule has 0 saturated heterocycles. The van der Waals surface area contributed by atoms with Gasteiger partial charge in [0.1, 0.15) is 16.6 Å². The van der Waals surface area contributed by atoms with Gasteiger partial charge in [0.05, 0.1) is 6.54 Å². The van der Waals surface area contributed by atoms with Crippen LogP contribution in [0.5, 0.6) is 0 Å². The van der Waals surface area contributed by atoms with Gasteiger partial charge in [-0.2, -0.15) is 9.97 Å². The van der Waals surface area contributed by atoms with E-state index in [9.17, 15) is 0 Å². The molecule has 6 nitrogen and oxygen atoms in total. The Morgan fingerprint density at radius 1 is 1.29 bits per heavy atom. The first kappa shape index (κ1) is 11.6. The Morgan fingerprint density at radius 3 is 2.71 bits per heavy atom. The van der Waals surface area contributed by atoms with Crippen molar-refractivity contribution in [1.82, 2.24) is 15.0 Å². The van der Waals surface area contributed by atoms with E-state index in [0.717, 1.165) is 17.4 Å². The molecule has 0 saturated carbocycles. The minimum atomic E-state index is 0.255.